The molecule has 0 saturated heterocycles. The van der Waals surface area contributed by atoms with Gasteiger partial charge in [0.2, 0.25) is 11.8 Å². The minimum Gasteiger partial charge on any atom is -0.472 e. The fraction of sp³-hybridized carbons (Fsp3) is 0.417. The molecule has 0 unspecified atom stereocenters. The Bertz CT molecular complexity index is 1030. The molecule has 1 aliphatic heterocycles. The monoisotopic (exact) mass is 436 g/mol. The Morgan fingerprint density at radius 1 is 1.38 bits per heavy atom. The average molecular weight is 437 g/mol. The fourth-order valence-corrected chi connectivity index (χ4v) is 3.61. The van der Waals surface area contributed by atoms with Crippen molar-refractivity contribution in [3.63, 3.8) is 0 Å². The number of nitrogens with zero attached hydrogens (tertiary/aromatic N) is 4. The molecule has 3 atom stereocenters. The Labute approximate surface area is 188 Å². The first-order valence-corrected chi connectivity index (χ1v) is 10.6. The number of carbonyl (C=O) groups excluding carboxylic acids is 2. The van der Waals surface area contributed by atoms with E-state index in [0.717, 1.165) is 5.56 Å². The Morgan fingerprint density at radius 2 is 2.06 bits per heavy atom. The van der Waals surface area contributed by atoms with Gasteiger partial charge < -0.3 is 19.6 Å². The Balaban J connectivity index is 2.05. The molecule has 32 heavy (non-hydrogen) atoms. The van der Waals surface area contributed by atoms with E-state index >= 15 is 0 Å². The molecule has 0 radical (unpaired) electrons. The number of nitriles is 1. The van der Waals surface area contributed by atoms with E-state index in [9.17, 15) is 14.7 Å². The number of aliphatic hydroxyl groups is 1. The highest BCUT2D eigenvalue weighted by Crippen LogP contribution is 2.30. The lowest BCUT2D eigenvalue weighted by molar-refractivity contribution is -0.129. The predicted molar refractivity (Wildman–Crippen MR) is 119 cm³/mol. The molecule has 0 aliphatic carbocycles. The number of carbonyl (C=O) groups is 2. The first kappa shape index (κ1) is 23.2. The van der Waals surface area contributed by atoms with Gasteiger partial charge in [0.05, 0.1) is 30.8 Å². The van der Waals surface area contributed by atoms with E-state index in [1.54, 1.807) is 60.3 Å². The molecule has 1 aliphatic rings. The van der Waals surface area contributed by atoms with Crippen molar-refractivity contribution in [3.8, 4) is 23.1 Å². The van der Waals surface area contributed by atoms with Gasteiger partial charge in [0.1, 0.15) is 11.7 Å². The second kappa shape index (κ2) is 9.79. The second-order valence-electron chi connectivity index (χ2n) is 8.29. The first-order valence-electron chi connectivity index (χ1n) is 10.6. The van der Waals surface area contributed by atoms with Crippen LogP contribution >= 0.6 is 0 Å². The van der Waals surface area contributed by atoms with Crippen LogP contribution in [0.15, 0.2) is 36.5 Å². The third kappa shape index (κ3) is 4.89. The summed E-state index contributed by atoms with van der Waals surface area (Å²) in [5.41, 5.74) is 2.38. The van der Waals surface area contributed by atoms with Crippen LogP contribution in [0.5, 0.6) is 5.88 Å². The van der Waals surface area contributed by atoms with E-state index in [1.807, 2.05) is 6.92 Å². The number of amides is 2. The van der Waals surface area contributed by atoms with Crippen LogP contribution in [0.1, 0.15) is 36.7 Å². The molecule has 0 spiro atoms. The number of hydrogen-bond acceptors (Lipinski definition) is 6. The molecular formula is C24H28N4O4. The molecule has 1 aromatic carbocycles. The lowest BCUT2D eigenvalue weighted by atomic mass is 9.99. The van der Waals surface area contributed by atoms with E-state index in [1.165, 1.54) is 6.92 Å². The van der Waals surface area contributed by atoms with E-state index < -0.39 is 0 Å². The number of pyridine rings is 1. The molecule has 2 aromatic rings. The van der Waals surface area contributed by atoms with Crippen LogP contribution in [0, 0.1) is 17.2 Å². The molecule has 8 nitrogen and oxygen atoms in total. The van der Waals surface area contributed by atoms with Crippen LogP contribution in [0.3, 0.4) is 0 Å². The minimum atomic E-state index is -0.388. The minimum absolute atomic E-state index is 0.0798. The Morgan fingerprint density at radius 3 is 2.66 bits per heavy atom. The lowest BCUT2D eigenvalue weighted by Crippen LogP contribution is -2.50. The average Bonchev–Trinajstić information content (AvgIpc) is 2.80. The smallest absolute Gasteiger partial charge is 0.259 e. The number of likely N-dealkylation sites (N-methyl/N-ethyl adjacent to an activating group) is 1. The number of benzene rings is 1. The van der Waals surface area contributed by atoms with E-state index in [-0.39, 0.29) is 42.4 Å². The van der Waals surface area contributed by atoms with Gasteiger partial charge in [-0.25, -0.2) is 4.98 Å². The summed E-state index contributed by atoms with van der Waals surface area (Å²) in [5, 5.41) is 18.8. The molecule has 2 heterocycles. The van der Waals surface area contributed by atoms with Gasteiger partial charge in [-0.2, -0.15) is 5.26 Å². The number of hydrogen-bond donors (Lipinski definition) is 1. The second-order valence-corrected chi connectivity index (χ2v) is 8.29. The van der Waals surface area contributed by atoms with Crippen molar-refractivity contribution in [2.45, 2.75) is 32.9 Å². The van der Waals surface area contributed by atoms with Crippen LogP contribution in [0.2, 0.25) is 0 Å². The molecule has 2 amide bonds. The summed E-state index contributed by atoms with van der Waals surface area (Å²) in [6.07, 6.45) is 1.25. The van der Waals surface area contributed by atoms with E-state index in [2.05, 4.69) is 11.1 Å². The lowest BCUT2D eigenvalue weighted by Gasteiger charge is -2.37. The summed E-state index contributed by atoms with van der Waals surface area (Å²) >= 11 is 0. The maximum atomic E-state index is 13.4. The van der Waals surface area contributed by atoms with Gasteiger partial charge >= 0.3 is 0 Å². The van der Waals surface area contributed by atoms with Crippen molar-refractivity contribution in [1.29, 1.82) is 5.26 Å². The van der Waals surface area contributed by atoms with Crippen molar-refractivity contribution in [2.75, 3.05) is 26.7 Å². The molecule has 0 saturated carbocycles. The molecule has 1 N–H and O–H groups in total. The van der Waals surface area contributed by atoms with Crippen LogP contribution in [-0.2, 0) is 4.79 Å². The molecule has 168 valence electrons. The predicted octanol–water partition coefficient (Wildman–Crippen LogP) is 2.32. The van der Waals surface area contributed by atoms with Gasteiger partial charge in [0, 0.05) is 38.2 Å². The summed E-state index contributed by atoms with van der Waals surface area (Å²) in [6.45, 7) is 5.80. The Hall–Kier alpha value is -3.44. The van der Waals surface area contributed by atoms with Crippen molar-refractivity contribution in [3.05, 3.63) is 47.7 Å². The number of aromatic nitrogens is 1. The third-order valence-corrected chi connectivity index (χ3v) is 5.86. The van der Waals surface area contributed by atoms with Gasteiger partial charge in [-0.15, -0.1) is 0 Å². The molecule has 0 fully saturated rings. The fourth-order valence-electron chi connectivity index (χ4n) is 3.61. The molecule has 8 heteroatoms. The molecular weight excluding hydrogens is 408 g/mol. The van der Waals surface area contributed by atoms with E-state index in [4.69, 9.17) is 10.00 Å². The molecule has 1 aromatic heterocycles. The zero-order chi connectivity index (χ0) is 23.4. The summed E-state index contributed by atoms with van der Waals surface area (Å²) in [4.78, 5) is 32.9. The number of rotatable bonds is 5. The number of ether oxygens (including phenoxy) is 1. The maximum Gasteiger partial charge on any atom is 0.259 e. The standard InChI is InChI=1S/C24H28N4O4/c1-15-12-28(16(2)14-29)24(31)21-9-20(19-7-5-18(10-25)6-8-19)11-26-23(21)32-22(15)13-27(4)17(3)30/h5-9,11,15-16,22,29H,12-14H2,1-4H3/t15-,16+,22-/m1/s1. The van der Waals surface area contributed by atoms with Gasteiger partial charge in [-0.05, 0) is 30.7 Å². The van der Waals surface area contributed by atoms with Gasteiger partial charge in [-0.3, -0.25) is 9.59 Å². The molecule has 3 rings (SSSR count). The highest BCUT2D eigenvalue weighted by atomic mass is 16.5. The van der Waals surface area contributed by atoms with Crippen LogP contribution in [-0.4, -0.2) is 70.6 Å². The quantitative estimate of drug-likeness (QED) is 0.771. The van der Waals surface area contributed by atoms with Gasteiger partial charge in [0.15, 0.2) is 0 Å². The van der Waals surface area contributed by atoms with Crippen molar-refractivity contribution in [1.82, 2.24) is 14.8 Å². The topological polar surface area (TPSA) is 107 Å². The van der Waals surface area contributed by atoms with Gasteiger partial charge in [-0.1, -0.05) is 19.1 Å². The number of fused-ring (bicyclic) bond motifs is 1. The summed E-state index contributed by atoms with van der Waals surface area (Å²) in [6, 6.07) is 10.4. The van der Waals surface area contributed by atoms with Crippen molar-refractivity contribution < 1.29 is 19.4 Å². The summed E-state index contributed by atoms with van der Waals surface area (Å²) in [7, 11) is 1.71. The van der Waals surface area contributed by atoms with Crippen molar-refractivity contribution >= 4 is 11.8 Å². The third-order valence-electron chi connectivity index (χ3n) is 5.86. The highest BCUT2D eigenvalue weighted by molar-refractivity contribution is 5.98. The van der Waals surface area contributed by atoms with Gasteiger partial charge in [0.25, 0.3) is 5.91 Å². The van der Waals surface area contributed by atoms with Crippen LogP contribution < -0.4 is 4.74 Å². The number of aliphatic hydroxyl groups excluding tert-OH is 1. The SMILES string of the molecule is CC(=O)N(C)C[C@H]1Oc2ncc(-c3ccc(C#N)cc3)cc2C(=O)N([C@@H](C)CO)C[C@H]1C. The molecule has 0 bridgehead atoms. The summed E-state index contributed by atoms with van der Waals surface area (Å²) in [5.74, 6) is -0.238. The largest absolute Gasteiger partial charge is 0.472 e. The zero-order valence-corrected chi connectivity index (χ0v) is 18.8. The highest BCUT2D eigenvalue weighted by Gasteiger charge is 2.34. The van der Waals surface area contributed by atoms with Crippen LogP contribution in [0.25, 0.3) is 11.1 Å². The van der Waals surface area contributed by atoms with E-state index in [0.29, 0.717) is 29.8 Å². The zero-order valence-electron chi connectivity index (χ0n) is 18.8. The van der Waals surface area contributed by atoms with Crippen LogP contribution in [0.4, 0.5) is 0 Å². The maximum absolute atomic E-state index is 13.4. The first-order chi connectivity index (χ1) is 15.2. The van der Waals surface area contributed by atoms with Crippen molar-refractivity contribution in [2.24, 2.45) is 5.92 Å². The normalized spacial score (nSPS) is 19.1. The Kier molecular flexibility index (Phi) is 7.11. The summed E-state index contributed by atoms with van der Waals surface area (Å²) < 4.78 is 6.17.